The molecule has 11 rings (SSSR count). The molecule has 6 heteroatoms. The van der Waals surface area contributed by atoms with Gasteiger partial charge in [-0.2, -0.15) is 0 Å². The van der Waals surface area contributed by atoms with Gasteiger partial charge in [-0.15, -0.1) is 0 Å². The van der Waals surface area contributed by atoms with Crippen LogP contribution in [0.4, 0.5) is 17.1 Å². The van der Waals surface area contributed by atoms with Crippen molar-refractivity contribution in [1.82, 2.24) is 24.1 Å². The molecule has 59 heavy (non-hydrogen) atoms. The molecular weight excluding hydrogens is 721 g/mol. The van der Waals surface area contributed by atoms with Gasteiger partial charge in [0.1, 0.15) is 0 Å². The number of para-hydroxylation sites is 2. The van der Waals surface area contributed by atoms with Crippen LogP contribution >= 0.6 is 0 Å². The van der Waals surface area contributed by atoms with E-state index < -0.39 is 0 Å². The second-order valence-electron chi connectivity index (χ2n) is 14.6. The van der Waals surface area contributed by atoms with Crippen LogP contribution in [0.3, 0.4) is 0 Å². The first kappa shape index (κ1) is 34.2. The Morgan fingerprint density at radius 3 is 1.56 bits per heavy atom. The molecule has 278 valence electrons. The molecule has 11 aromatic rings. The van der Waals surface area contributed by atoms with Crippen molar-refractivity contribution in [3.05, 3.63) is 219 Å². The molecular formula is C53H36N6. The number of anilines is 3. The summed E-state index contributed by atoms with van der Waals surface area (Å²) in [5.74, 6) is 0.704. The minimum Gasteiger partial charge on any atom is -0.317 e. The molecule has 0 atom stereocenters. The molecule has 0 spiro atoms. The van der Waals surface area contributed by atoms with Gasteiger partial charge in [0.15, 0.2) is 5.82 Å². The van der Waals surface area contributed by atoms with Crippen molar-refractivity contribution in [1.29, 1.82) is 0 Å². The number of rotatable bonds is 8. The summed E-state index contributed by atoms with van der Waals surface area (Å²) in [6, 6.07) is 67.0. The van der Waals surface area contributed by atoms with Crippen LogP contribution in [-0.4, -0.2) is 24.1 Å². The van der Waals surface area contributed by atoms with Crippen LogP contribution in [0.2, 0.25) is 0 Å². The number of hydrogen-bond donors (Lipinski definition) is 0. The molecule has 0 N–H and O–H groups in total. The zero-order valence-electron chi connectivity index (χ0n) is 32.0. The maximum atomic E-state index is 4.46. The van der Waals surface area contributed by atoms with Gasteiger partial charge in [0.2, 0.25) is 0 Å². The van der Waals surface area contributed by atoms with E-state index in [1.165, 1.54) is 32.7 Å². The molecule has 0 saturated heterocycles. The van der Waals surface area contributed by atoms with E-state index in [9.17, 15) is 0 Å². The zero-order chi connectivity index (χ0) is 39.1. The first-order valence-electron chi connectivity index (χ1n) is 19.7. The highest BCUT2D eigenvalue weighted by Crippen LogP contribution is 2.40. The molecule has 0 aliphatic carbocycles. The van der Waals surface area contributed by atoms with Gasteiger partial charge >= 0.3 is 0 Å². The minimum absolute atomic E-state index is 0.704. The third kappa shape index (κ3) is 6.20. The van der Waals surface area contributed by atoms with Crippen LogP contribution < -0.4 is 4.90 Å². The van der Waals surface area contributed by atoms with E-state index in [-0.39, 0.29) is 0 Å². The van der Waals surface area contributed by atoms with Crippen LogP contribution in [0.15, 0.2) is 219 Å². The molecule has 0 saturated carbocycles. The monoisotopic (exact) mass is 756 g/mol. The van der Waals surface area contributed by atoms with Gasteiger partial charge in [0.05, 0.1) is 16.6 Å². The Kier molecular flexibility index (Phi) is 8.37. The van der Waals surface area contributed by atoms with Crippen LogP contribution in [0.25, 0.3) is 77.7 Å². The second kappa shape index (κ2) is 14.4. The molecule has 0 fully saturated rings. The third-order valence-electron chi connectivity index (χ3n) is 11.2. The van der Waals surface area contributed by atoms with Crippen LogP contribution in [-0.2, 0) is 0 Å². The quantitative estimate of drug-likeness (QED) is 0.155. The smallest absolute Gasteiger partial charge is 0.159 e. The maximum Gasteiger partial charge on any atom is 0.159 e. The summed E-state index contributed by atoms with van der Waals surface area (Å²) in [6.45, 7) is 0. The molecule has 7 aromatic carbocycles. The molecule has 0 aliphatic heterocycles. The second-order valence-corrected chi connectivity index (χ2v) is 14.6. The summed E-state index contributed by atoms with van der Waals surface area (Å²) in [4.78, 5) is 15.4. The highest BCUT2D eigenvalue weighted by atomic mass is 15.1. The van der Waals surface area contributed by atoms with Crippen molar-refractivity contribution in [2.45, 2.75) is 0 Å². The number of nitrogens with zero attached hydrogens (tertiary/aromatic N) is 6. The van der Waals surface area contributed by atoms with E-state index >= 15 is 0 Å². The Hall–Kier alpha value is -8.09. The van der Waals surface area contributed by atoms with Crippen LogP contribution in [0, 0.1) is 0 Å². The molecule has 0 radical (unpaired) electrons. The van der Waals surface area contributed by atoms with Gasteiger partial charge in [0, 0.05) is 81.1 Å². The highest BCUT2D eigenvalue weighted by molar-refractivity contribution is 6.14. The van der Waals surface area contributed by atoms with Crippen LogP contribution in [0.5, 0.6) is 0 Å². The number of pyridine rings is 1. The fourth-order valence-electron chi connectivity index (χ4n) is 8.30. The topological polar surface area (TPSA) is 51.8 Å². The average Bonchev–Trinajstić information content (AvgIpc) is 3.88. The average molecular weight is 757 g/mol. The van der Waals surface area contributed by atoms with Crippen molar-refractivity contribution in [2.75, 3.05) is 4.90 Å². The van der Waals surface area contributed by atoms with Gasteiger partial charge < -0.3 is 14.0 Å². The van der Waals surface area contributed by atoms with Crippen molar-refractivity contribution in [2.24, 2.45) is 0 Å². The van der Waals surface area contributed by atoms with Crippen molar-refractivity contribution in [3.8, 4) is 45.0 Å². The molecule has 0 bridgehead atoms. The normalized spacial score (nSPS) is 11.4. The third-order valence-corrected chi connectivity index (χ3v) is 11.2. The molecule has 0 unspecified atom stereocenters. The highest BCUT2D eigenvalue weighted by Gasteiger charge is 2.18. The number of benzene rings is 7. The van der Waals surface area contributed by atoms with E-state index in [1.54, 1.807) is 12.4 Å². The number of fused-ring (bicyclic) bond motifs is 4. The fourth-order valence-corrected chi connectivity index (χ4v) is 8.30. The first-order chi connectivity index (χ1) is 29.2. The lowest BCUT2D eigenvalue weighted by atomic mass is 10.0. The Morgan fingerprint density at radius 2 is 0.915 bits per heavy atom. The number of aromatic nitrogens is 5. The summed E-state index contributed by atoms with van der Waals surface area (Å²) < 4.78 is 4.67. The summed E-state index contributed by atoms with van der Waals surface area (Å²) >= 11 is 0. The molecule has 6 nitrogen and oxygen atoms in total. The van der Waals surface area contributed by atoms with E-state index in [2.05, 4.69) is 205 Å². The van der Waals surface area contributed by atoms with E-state index in [4.69, 9.17) is 0 Å². The molecule has 0 amide bonds. The zero-order valence-corrected chi connectivity index (χ0v) is 32.0. The van der Waals surface area contributed by atoms with Crippen molar-refractivity contribution < 1.29 is 0 Å². The van der Waals surface area contributed by atoms with E-state index in [0.717, 1.165) is 56.3 Å². The predicted octanol–water partition coefficient (Wildman–Crippen LogP) is 13.4. The van der Waals surface area contributed by atoms with Gasteiger partial charge in [-0.1, -0.05) is 66.7 Å². The van der Waals surface area contributed by atoms with E-state index in [1.807, 2.05) is 30.6 Å². The van der Waals surface area contributed by atoms with Crippen molar-refractivity contribution >= 4 is 49.8 Å². The molecule has 4 heterocycles. The van der Waals surface area contributed by atoms with Gasteiger partial charge in [-0.3, -0.25) is 4.98 Å². The van der Waals surface area contributed by atoms with Gasteiger partial charge in [-0.05, 0) is 144 Å². The summed E-state index contributed by atoms with van der Waals surface area (Å²) in [5.41, 5.74) is 14.5. The lowest BCUT2D eigenvalue weighted by Gasteiger charge is -2.26. The molecule has 0 aliphatic rings. The Labute approximate surface area is 341 Å². The fraction of sp³-hybridized carbons (Fsp3) is 0. The van der Waals surface area contributed by atoms with E-state index in [0.29, 0.717) is 5.82 Å². The largest absolute Gasteiger partial charge is 0.317 e. The van der Waals surface area contributed by atoms with Gasteiger partial charge in [-0.25, -0.2) is 9.97 Å². The standard InChI is InChI=1S/C53H36N6/c1-3-8-43(9-4-1)57-33-28-42-35-52-49(36-51(42)57)48-34-41(18-25-50(48)59(52)44-10-5-2-6-11-44)38-14-21-46(22-15-38)58(45-19-12-37(13-20-45)39-26-31-54-32-27-39)47-23-16-40(17-24-47)53-55-29-7-30-56-53/h1-36H. The minimum atomic E-state index is 0.704. The SMILES string of the molecule is c1ccc(-n2ccc3cc4c(cc32)c2cc(-c3ccc(N(c5ccc(-c6ccncc6)cc5)c5ccc(-c6ncccn6)cc5)cc3)ccc2n4-c2ccccc2)cc1. The van der Waals surface area contributed by atoms with Gasteiger partial charge in [0.25, 0.3) is 0 Å². The summed E-state index contributed by atoms with van der Waals surface area (Å²) in [5, 5.41) is 3.64. The molecule has 4 aromatic heterocycles. The van der Waals surface area contributed by atoms with Crippen LogP contribution in [0.1, 0.15) is 0 Å². The lowest BCUT2D eigenvalue weighted by Crippen LogP contribution is -2.09. The maximum absolute atomic E-state index is 4.46. The Balaban J connectivity index is 1.01. The Morgan fingerprint density at radius 1 is 0.373 bits per heavy atom. The van der Waals surface area contributed by atoms with Crippen molar-refractivity contribution in [3.63, 3.8) is 0 Å². The predicted molar refractivity (Wildman–Crippen MR) is 242 cm³/mol. The summed E-state index contributed by atoms with van der Waals surface area (Å²) in [6.07, 6.45) is 9.38. The lowest BCUT2D eigenvalue weighted by molar-refractivity contribution is 1.13. The number of hydrogen-bond acceptors (Lipinski definition) is 4. The first-order valence-corrected chi connectivity index (χ1v) is 19.7. The Bertz CT molecular complexity index is 3130. The summed E-state index contributed by atoms with van der Waals surface area (Å²) in [7, 11) is 0.